The number of ether oxygens (including phenoxy) is 1. The smallest absolute Gasteiger partial charge is 0.435 e. The van der Waals surface area contributed by atoms with Crippen molar-refractivity contribution in [1.29, 1.82) is 0 Å². The van der Waals surface area contributed by atoms with Crippen LogP contribution in [0.4, 0.5) is 24.8 Å². The van der Waals surface area contributed by atoms with E-state index in [0.29, 0.717) is 11.4 Å². The van der Waals surface area contributed by atoms with Gasteiger partial charge in [0, 0.05) is 48.5 Å². The van der Waals surface area contributed by atoms with Crippen LogP contribution >= 0.6 is 0 Å². The summed E-state index contributed by atoms with van der Waals surface area (Å²) in [7, 11) is 2.87. The van der Waals surface area contributed by atoms with Gasteiger partial charge in [-0.1, -0.05) is 0 Å². The van der Waals surface area contributed by atoms with Gasteiger partial charge in [-0.25, -0.2) is 14.5 Å². The van der Waals surface area contributed by atoms with Crippen LogP contribution < -0.4 is 15.6 Å². The Bertz CT molecular complexity index is 1530. The first-order valence-corrected chi connectivity index (χ1v) is 10.3. The number of rotatable bonds is 6. The normalized spacial score (nSPS) is 11.4. The number of carboxylic acids is 1. The number of hydrogen-bond acceptors (Lipinski definition) is 7. The third-order valence-corrected chi connectivity index (χ3v) is 5.13. The van der Waals surface area contributed by atoms with E-state index < -0.39 is 29.0 Å². The predicted molar refractivity (Wildman–Crippen MR) is 123 cm³/mol. The number of aromatic nitrogens is 5. The number of aryl methyl sites for hydroxylation is 2. The number of carboxylic acid groups (broad SMARTS) is 1. The molecule has 36 heavy (non-hydrogen) atoms. The molecule has 13 heteroatoms. The van der Waals surface area contributed by atoms with Gasteiger partial charge in [-0.2, -0.15) is 23.3 Å². The molecule has 0 aliphatic carbocycles. The summed E-state index contributed by atoms with van der Waals surface area (Å²) in [4.78, 5) is 32.3. The second-order valence-electron chi connectivity index (χ2n) is 7.80. The second kappa shape index (κ2) is 9.17. The summed E-state index contributed by atoms with van der Waals surface area (Å²) >= 11 is 0. The molecule has 0 bridgehead atoms. The maximum absolute atomic E-state index is 13.2. The fourth-order valence-corrected chi connectivity index (χ4v) is 3.48. The SMILES string of the molecule is COc1cc(C)cc(Nc2ncc(-c3cc(C(=O)O)c(=O)n(C)c3)c(-n3ccc(C(F)(F)F)n3)n2)c1. The molecule has 2 N–H and O–H groups in total. The highest BCUT2D eigenvalue weighted by Gasteiger charge is 2.34. The Morgan fingerprint density at radius 2 is 1.94 bits per heavy atom. The van der Waals surface area contributed by atoms with Gasteiger partial charge in [0.2, 0.25) is 5.95 Å². The summed E-state index contributed by atoms with van der Waals surface area (Å²) in [6, 6.07) is 7.18. The highest BCUT2D eigenvalue weighted by molar-refractivity contribution is 5.89. The molecule has 10 nitrogen and oxygen atoms in total. The summed E-state index contributed by atoms with van der Waals surface area (Å²) in [5.41, 5.74) is -0.629. The Morgan fingerprint density at radius 1 is 1.19 bits per heavy atom. The van der Waals surface area contributed by atoms with Crippen molar-refractivity contribution in [1.82, 2.24) is 24.3 Å². The van der Waals surface area contributed by atoms with Gasteiger partial charge in [0.15, 0.2) is 11.5 Å². The molecule has 0 radical (unpaired) electrons. The van der Waals surface area contributed by atoms with Crippen molar-refractivity contribution in [2.45, 2.75) is 13.1 Å². The van der Waals surface area contributed by atoms with Gasteiger partial charge in [-0.3, -0.25) is 4.79 Å². The number of hydrogen-bond donors (Lipinski definition) is 2. The highest BCUT2D eigenvalue weighted by Crippen LogP contribution is 2.31. The molecule has 0 atom stereocenters. The molecule has 1 aromatic carbocycles. The molecule has 0 aliphatic heterocycles. The lowest BCUT2D eigenvalue weighted by Crippen LogP contribution is -2.24. The van der Waals surface area contributed by atoms with E-state index in [1.165, 1.54) is 26.6 Å². The first-order valence-electron chi connectivity index (χ1n) is 10.3. The molecule has 0 unspecified atom stereocenters. The zero-order valence-corrected chi connectivity index (χ0v) is 19.2. The van der Waals surface area contributed by atoms with E-state index in [9.17, 15) is 27.9 Å². The average molecular weight is 500 g/mol. The van der Waals surface area contributed by atoms with Crippen LogP contribution in [0.3, 0.4) is 0 Å². The number of methoxy groups -OCH3 is 1. The van der Waals surface area contributed by atoms with Crippen molar-refractivity contribution >= 4 is 17.6 Å². The number of carbonyl (C=O) groups is 1. The quantitative estimate of drug-likeness (QED) is 0.410. The van der Waals surface area contributed by atoms with Crippen LogP contribution in [0.1, 0.15) is 21.6 Å². The summed E-state index contributed by atoms with van der Waals surface area (Å²) in [5.74, 6) is -0.918. The Hall–Kier alpha value is -4.68. The summed E-state index contributed by atoms with van der Waals surface area (Å²) in [6.45, 7) is 1.85. The number of pyridine rings is 1. The first-order chi connectivity index (χ1) is 17.0. The molecular weight excluding hydrogens is 481 g/mol. The van der Waals surface area contributed by atoms with E-state index in [1.54, 1.807) is 12.1 Å². The van der Waals surface area contributed by atoms with E-state index in [1.807, 2.05) is 13.0 Å². The van der Waals surface area contributed by atoms with E-state index in [0.717, 1.165) is 33.1 Å². The van der Waals surface area contributed by atoms with Crippen molar-refractivity contribution in [2.24, 2.45) is 7.05 Å². The van der Waals surface area contributed by atoms with Gasteiger partial charge in [0.25, 0.3) is 5.56 Å². The largest absolute Gasteiger partial charge is 0.497 e. The van der Waals surface area contributed by atoms with Gasteiger partial charge in [0.1, 0.15) is 11.3 Å². The Labute approximate surface area is 201 Å². The van der Waals surface area contributed by atoms with Crippen LogP contribution in [0, 0.1) is 6.92 Å². The third-order valence-electron chi connectivity index (χ3n) is 5.13. The zero-order valence-electron chi connectivity index (χ0n) is 19.2. The minimum atomic E-state index is -4.69. The number of nitrogens with zero attached hydrogens (tertiary/aromatic N) is 5. The average Bonchev–Trinajstić information content (AvgIpc) is 3.31. The molecule has 3 aromatic heterocycles. The topological polar surface area (TPSA) is 124 Å². The fourth-order valence-electron chi connectivity index (χ4n) is 3.48. The van der Waals surface area contributed by atoms with E-state index in [4.69, 9.17) is 4.74 Å². The number of aromatic carboxylic acids is 1. The highest BCUT2D eigenvalue weighted by atomic mass is 19.4. The standard InChI is InChI=1S/C23H19F3N6O4/c1-12-6-14(9-15(7-12)36-3)28-22-27-10-17(13-8-16(21(34)35)20(33)31(2)11-13)19(29-22)32-5-4-18(30-32)23(24,25)26/h4-11H,1-3H3,(H,34,35)(H,27,28,29). The maximum atomic E-state index is 13.2. The van der Waals surface area contributed by atoms with Crippen molar-refractivity contribution in [3.05, 3.63) is 76.1 Å². The lowest BCUT2D eigenvalue weighted by molar-refractivity contribution is -0.141. The van der Waals surface area contributed by atoms with Crippen LogP contribution in [-0.2, 0) is 13.2 Å². The van der Waals surface area contributed by atoms with Crippen LogP contribution in [0.2, 0.25) is 0 Å². The van der Waals surface area contributed by atoms with Crippen molar-refractivity contribution in [3.63, 3.8) is 0 Å². The summed E-state index contributed by atoms with van der Waals surface area (Å²) < 4.78 is 46.9. The lowest BCUT2D eigenvalue weighted by Gasteiger charge is -2.14. The number of nitrogens with one attached hydrogen (secondary N) is 1. The van der Waals surface area contributed by atoms with Crippen LogP contribution in [-0.4, -0.2) is 42.5 Å². The van der Waals surface area contributed by atoms with Gasteiger partial charge >= 0.3 is 12.1 Å². The number of anilines is 2. The van der Waals surface area contributed by atoms with Crippen molar-refractivity contribution in [3.8, 4) is 22.7 Å². The molecule has 0 saturated heterocycles. The number of alkyl halides is 3. The van der Waals surface area contributed by atoms with Gasteiger partial charge in [0.05, 0.1) is 7.11 Å². The Balaban J connectivity index is 1.88. The molecule has 0 spiro atoms. The monoisotopic (exact) mass is 500 g/mol. The molecule has 4 aromatic rings. The van der Waals surface area contributed by atoms with Crippen LogP contribution in [0.15, 0.2) is 53.7 Å². The maximum Gasteiger partial charge on any atom is 0.435 e. The van der Waals surface area contributed by atoms with Gasteiger partial charge in [-0.15, -0.1) is 0 Å². The van der Waals surface area contributed by atoms with Crippen LogP contribution in [0.5, 0.6) is 5.75 Å². The fraction of sp³-hybridized carbons (Fsp3) is 0.174. The molecule has 0 fully saturated rings. The predicted octanol–water partition coefficient (Wildman–Crippen LogP) is 3.81. The zero-order chi connectivity index (χ0) is 26.2. The van der Waals surface area contributed by atoms with Crippen molar-refractivity contribution in [2.75, 3.05) is 12.4 Å². The van der Waals surface area contributed by atoms with Gasteiger partial charge < -0.3 is 19.7 Å². The molecule has 3 heterocycles. The summed E-state index contributed by atoms with van der Waals surface area (Å²) in [5, 5.41) is 16.0. The van der Waals surface area contributed by atoms with E-state index in [2.05, 4.69) is 20.4 Å². The molecule has 0 saturated carbocycles. The van der Waals surface area contributed by atoms with Gasteiger partial charge in [-0.05, 0) is 36.8 Å². The molecule has 4 rings (SSSR count). The molecule has 0 amide bonds. The molecular formula is C23H19F3N6O4. The summed E-state index contributed by atoms with van der Waals surface area (Å²) in [6.07, 6.45) is -0.972. The van der Waals surface area contributed by atoms with Crippen molar-refractivity contribution < 1.29 is 27.8 Å². The second-order valence-corrected chi connectivity index (χ2v) is 7.80. The Kier molecular flexibility index (Phi) is 6.23. The third kappa shape index (κ3) is 4.89. The molecule has 0 aliphatic rings. The van der Waals surface area contributed by atoms with E-state index in [-0.39, 0.29) is 22.9 Å². The van der Waals surface area contributed by atoms with Crippen LogP contribution in [0.25, 0.3) is 16.9 Å². The number of benzene rings is 1. The first kappa shape index (κ1) is 24.4. The minimum Gasteiger partial charge on any atom is -0.497 e. The number of halogens is 3. The van der Waals surface area contributed by atoms with E-state index >= 15 is 0 Å². The molecule has 186 valence electrons. The Morgan fingerprint density at radius 3 is 2.58 bits per heavy atom. The lowest BCUT2D eigenvalue weighted by atomic mass is 10.1. The minimum absolute atomic E-state index is 0.0359.